The molecule has 0 bridgehead atoms. The van der Waals surface area contributed by atoms with E-state index in [-0.39, 0.29) is 11.8 Å². The maximum Gasteiger partial charge on any atom is 0.371 e. The molecule has 94 valence electrons. The normalized spacial score (nSPS) is 26.0. The van der Waals surface area contributed by atoms with Gasteiger partial charge in [-0.2, -0.15) is 0 Å². The minimum atomic E-state index is -1.03. The van der Waals surface area contributed by atoms with Gasteiger partial charge in [0.15, 0.2) is 0 Å². The number of hydrogen-bond donors (Lipinski definition) is 2. The van der Waals surface area contributed by atoms with Crippen LogP contribution in [0.4, 0.5) is 0 Å². The van der Waals surface area contributed by atoms with E-state index in [2.05, 4.69) is 11.8 Å². The number of carboxylic acid groups (broad SMARTS) is 1. The van der Waals surface area contributed by atoms with Crippen LogP contribution in [-0.2, 0) is 6.54 Å². The van der Waals surface area contributed by atoms with Crippen molar-refractivity contribution in [2.45, 2.75) is 25.9 Å². The number of furan rings is 1. The Hall–Kier alpha value is -1.33. The van der Waals surface area contributed by atoms with Crippen LogP contribution in [0, 0.1) is 5.92 Å². The van der Waals surface area contributed by atoms with Gasteiger partial charge in [-0.3, -0.25) is 4.90 Å². The van der Waals surface area contributed by atoms with E-state index in [0.29, 0.717) is 18.2 Å². The Balaban J connectivity index is 1.97. The highest BCUT2D eigenvalue weighted by atomic mass is 16.4. The van der Waals surface area contributed by atoms with E-state index >= 15 is 0 Å². The zero-order valence-electron chi connectivity index (χ0n) is 9.93. The maximum atomic E-state index is 10.7. The fraction of sp³-hybridized carbons (Fsp3) is 0.583. The number of aromatic carboxylic acids is 1. The number of carbonyl (C=O) groups is 1. The molecule has 1 aliphatic heterocycles. The molecule has 0 saturated carbocycles. The smallest absolute Gasteiger partial charge is 0.371 e. The molecule has 0 spiro atoms. The summed E-state index contributed by atoms with van der Waals surface area (Å²) in [5.41, 5.74) is 5.96. The van der Waals surface area contributed by atoms with E-state index in [9.17, 15) is 4.79 Å². The quantitative estimate of drug-likeness (QED) is 0.825. The number of piperidine rings is 1. The molecular formula is C12H18N2O3. The largest absolute Gasteiger partial charge is 0.475 e. The SMILES string of the molecule is CC1CC(N)CN(Cc2ccc(C(=O)O)o2)C1. The second-order valence-electron chi connectivity index (χ2n) is 4.87. The molecule has 2 unspecified atom stereocenters. The molecule has 3 N–H and O–H groups in total. The van der Waals surface area contributed by atoms with Crippen molar-refractivity contribution in [2.75, 3.05) is 13.1 Å². The fourth-order valence-electron chi connectivity index (χ4n) is 2.44. The van der Waals surface area contributed by atoms with Crippen LogP contribution in [0.15, 0.2) is 16.5 Å². The third kappa shape index (κ3) is 3.08. The second kappa shape index (κ2) is 4.89. The second-order valence-corrected chi connectivity index (χ2v) is 4.87. The first-order valence-corrected chi connectivity index (χ1v) is 5.84. The molecule has 2 rings (SSSR count). The summed E-state index contributed by atoms with van der Waals surface area (Å²) in [6, 6.07) is 3.41. The van der Waals surface area contributed by atoms with Crippen molar-refractivity contribution in [2.24, 2.45) is 11.7 Å². The van der Waals surface area contributed by atoms with Gasteiger partial charge in [0.1, 0.15) is 5.76 Å². The molecule has 0 aromatic carbocycles. The molecule has 5 heteroatoms. The van der Waals surface area contributed by atoms with Crippen molar-refractivity contribution in [1.29, 1.82) is 0 Å². The Morgan fingerprint density at radius 2 is 2.35 bits per heavy atom. The third-order valence-electron chi connectivity index (χ3n) is 3.02. The Morgan fingerprint density at radius 3 is 2.94 bits per heavy atom. The molecule has 0 aliphatic carbocycles. The van der Waals surface area contributed by atoms with Crippen molar-refractivity contribution < 1.29 is 14.3 Å². The van der Waals surface area contributed by atoms with Gasteiger partial charge in [-0.15, -0.1) is 0 Å². The molecule has 0 radical (unpaired) electrons. The molecule has 0 amide bonds. The zero-order chi connectivity index (χ0) is 12.4. The number of carboxylic acids is 1. The highest BCUT2D eigenvalue weighted by Gasteiger charge is 2.23. The first-order chi connectivity index (χ1) is 8.04. The molecule has 1 fully saturated rings. The van der Waals surface area contributed by atoms with Crippen LogP contribution in [0.25, 0.3) is 0 Å². The highest BCUT2D eigenvalue weighted by molar-refractivity contribution is 5.84. The average Bonchev–Trinajstić information content (AvgIpc) is 2.64. The van der Waals surface area contributed by atoms with Gasteiger partial charge in [0.25, 0.3) is 0 Å². The summed E-state index contributed by atoms with van der Waals surface area (Å²) in [4.78, 5) is 12.9. The van der Waals surface area contributed by atoms with E-state index in [1.165, 1.54) is 6.07 Å². The van der Waals surface area contributed by atoms with Gasteiger partial charge in [0.05, 0.1) is 6.54 Å². The monoisotopic (exact) mass is 238 g/mol. The number of nitrogens with two attached hydrogens (primary N) is 1. The summed E-state index contributed by atoms with van der Waals surface area (Å²) in [6.45, 7) is 4.63. The predicted molar refractivity (Wildman–Crippen MR) is 62.7 cm³/mol. The summed E-state index contributed by atoms with van der Waals surface area (Å²) in [6.07, 6.45) is 1.05. The first-order valence-electron chi connectivity index (χ1n) is 5.84. The van der Waals surface area contributed by atoms with Crippen LogP contribution in [0.1, 0.15) is 29.7 Å². The first kappa shape index (κ1) is 12.1. The number of rotatable bonds is 3. The van der Waals surface area contributed by atoms with Gasteiger partial charge in [-0.1, -0.05) is 6.92 Å². The van der Waals surface area contributed by atoms with Crippen molar-refractivity contribution >= 4 is 5.97 Å². The minimum Gasteiger partial charge on any atom is -0.475 e. The fourth-order valence-corrected chi connectivity index (χ4v) is 2.44. The molecule has 1 aromatic rings. The van der Waals surface area contributed by atoms with E-state index in [0.717, 1.165) is 19.5 Å². The van der Waals surface area contributed by atoms with Crippen molar-refractivity contribution in [3.8, 4) is 0 Å². The Labute approximate surface area is 100 Å². The lowest BCUT2D eigenvalue weighted by molar-refractivity contribution is 0.0656. The van der Waals surface area contributed by atoms with E-state index in [1.54, 1.807) is 6.07 Å². The van der Waals surface area contributed by atoms with Gasteiger partial charge in [0.2, 0.25) is 5.76 Å². The van der Waals surface area contributed by atoms with E-state index < -0.39 is 5.97 Å². The number of likely N-dealkylation sites (tertiary alicyclic amines) is 1. The summed E-state index contributed by atoms with van der Waals surface area (Å²) < 4.78 is 5.24. The third-order valence-corrected chi connectivity index (χ3v) is 3.02. The topological polar surface area (TPSA) is 79.7 Å². The van der Waals surface area contributed by atoms with Gasteiger partial charge >= 0.3 is 5.97 Å². The van der Waals surface area contributed by atoms with Crippen LogP contribution in [0.2, 0.25) is 0 Å². The Bertz CT molecular complexity index is 392. The van der Waals surface area contributed by atoms with Crippen LogP contribution < -0.4 is 5.73 Å². The van der Waals surface area contributed by atoms with Crippen molar-refractivity contribution in [3.63, 3.8) is 0 Å². The Kier molecular flexibility index (Phi) is 3.49. The maximum absolute atomic E-state index is 10.7. The number of hydrogen-bond acceptors (Lipinski definition) is 4. The molecule has 1 aliphatic rings. The van der Waals surface area contributed by atoms with E-state index in [4.69, 9.17) is 15.3 Å². The summed E-state index contributed by atoms with van der Waals surface area (Å²) in [5.74, 6) is 0.227. The van der Waals surface area contributed by atoms with Gasteiger partial charge in [-0.25, -0.2) is 4.79 Å². The standard InChI is InChI=1S/C12H18N2O3/c1-8-4-9(13)6-14(5-8)7-10-2-3-11(17-10)12(15)16/h2-3,8-9H,4-7,13H2,1H3,(H,15,16). The van der Waals surface area contributed by atoms with Gasteiger partial charge < -0.3 is 15.3 Å². The molecule has 2 heterocycles. The summed E-state index contributed by atoms with van der Waals surface area (Å²) in [5, 5.41) is 8.76. The molecule has 1 saturated heterocycles. The number of nitrogens with zero attached hydrogens (tertiary/aromatic N) is 1. The lowest BCUT2D eigenvalue weighted by atomic mass is 9.96. The molecule has 5 nitrogen and oxygen atoms in total. The summed E-state index contributed by atoms with van der Waals surface area (Å²) >= 11 is 0. The van der Waals surface area contributed by atoms with Crippen molar-refractivity contribution in [1.82, 2.24) is 4.90 Å². The Morgan fingerprint density at radius 1 is 1.59 bits per heavy atom. The van der Waals surface area contributed by atoms with E-state index in [1.807, 2.05) is 0 Å². The lowest BCUT2D eigenvalue weighted by Gasteiger charge is -2.34. The van der Waals surface area contributed by atoms with Crippen LogP contribution >= 0.6 is 0 Å². The highest BCUT2D eigenvalue weighted by Crippen LogP contribution is 2.18. The molecule has 1 aromatic heterocycles. The van der Waals surface area contributed by atoms with Crippen LogP contribution in [0.3, 0.4) is 0 Å². The summed E-state index contributed by atoms with van der Waals surface area (Å²) in [7, 11) is 0. The van der Waals surface area contributed by atoms with Crippen molar-refractivity contribution in [3.05, 3.63) is 23.7 Å². The van der Waals surface area contributed by atoms with Gasteiger partial charge in [-0.05, 0) is 24.5 Å². The molecule has 2 atom stereocenters. The molecule has 17 heavy (non-hydrogen) atoms. The average molecular weight is 238 g/mol. The predicted octanol–water partition coefficient (Wildman–Crippen LogP) is 1.15. The van der Waals surface area contributed by atoms with Crippen LogP contribution in [-0.4, -0.2) is 35.1 Å². The van der Waals surface area contributed by atoms with Gasteiger partial charge in [0, 0.05) is 19.1 Å². The molecular weight excluding hydrogens is 220 g/mol. The lowest BCUT2D eigenvalue weighted by Crippen LogP contribution is -2.45. The zero-order valence-corrected chi connectivity index (χ0v) is 9.93. The minimum absolute atomic E-state index is 0.00523. The van der Waals surface area contributed by atoms with Crippen LogP contribution in [0.5, 0.6) is 0 Å².